The van der Waals surface area contributed by atoms with E-state index in [1.165, 1.54) is 199 Å². The molecule has 0 amide bonds. The molecule has 0 aliphatic rings. The van der Waals surface area contributed by atoms with Crippen LogP contribution in [-0.2, 0) is 28.6 Å². The molecule has 0 unspecified atom stereocenters. The predicted molar refractivity (Wildman–Crippen MR) is 266 cm³/mol. The fraction of sp³-hybridized carbons (Fsp3) is 0.946. The van der Waals surface area contributed by atoms with Crippen LogP contribution in [0, 0.1) is 11.8 Å². The Balaban J connectivity index is 4.29. The van der Waals surface area contributed by atoms with E-state index in [4.69, 9.17) is 14.2 Å². The highest BCUT2D eigenvalue weighted by molar-refractivity contribution is 5.71. The zero-order valence-electron chi connectivity index (χ0n) is 42.5. The van der Waals surface area contributed by atoms with Crippen LogP contribution in [0.15, 0.2) is 0 Å². The van der Waals surface area contributed by atoms with Gasteiger partial charge in [-0.3, -0.25) is 14.4 Å². The molecule has 0 aromatic carbocycles. The van der Waals surface area contributed by atoms with Crippen LogP contribution in [0.3, 0.4) is 0 Å². The first-order valence-corrected chi connectivity index (χ1v) is 27.7. The number of rotatable bonds is 50. The van der Waals surface area contributed by atoms with Gasteiger partial charge in [0.2, 0.25) is 0 Å². The molecule has 0 radical (unpaired) electrons. The van der Waals surface area contributed by atoms with Gasteiger partial charge in [-0.05, 0) is 31.1 Å². The topological polar surface area (TPSA) is 78.9 Å². The van der Waals surface area contributed by atoms with Crippen molar-refractivity contribution in [3.63, 3.8) is 0 Å². The average molecular weight is 877 g/mol. The summed E-state index contributed by atoms with van der Waals surface area (Å²) in [4.78, 5) is 38.0. The lowest BCUT2D eigenvalue weighted by Crippen LogP contribution is -2.30. The Morgan fingerprint density at radius 2 is 0.532 bits per heavy atom. The molecule has 1 atom stereocenters. The van der Waals surface area contributed by atoms with Gasteiger partial charge < -0.3 is 14.2 Å². The molecule has 62 heavy (non-hydrogen) atoms. The second kappa shape index (κ2) is 48.9. The highest BCUT2D eigenvalue weighted by Gasteiger charge is 2.19. The van der Waals surface area contributed by atoms with E-state index in [-0.39, 0.29) is 31.1 Å². The van der Waals surface area contributed by atoms with Crippen LogP contribution in [0.1, 0.15) is 311 Å². The Morgan fingerprint density at radius 3 is 0.790 bits per heavy atom. The van der Waals surface area contributed by atoms with Gasteiger partial charge in [0, 0.05) is 19.3 Å². The number of hydrogen-bond acceptors (Lipinski definition) is 6. The fourth-order valence-electron chi connectivity index (χ4n) is 8.52. The molecule has 0 N–H and O–H groups in total. The summed E-state index contributed by atoms with van der Waals surface area (Å²) >= 11 is 0. The van der Waals surface area contributed by atoms with E-state index in [0.29, 0.717) is 19.3 Å². The summed E-state index contributed by atoms with van der Waals surface area (Å²) in [7, 11) is 0. The maximum Gasteiger partial charge on any atom is 0.306 e. The molecule has 0 aliphatic carbocycles. The van der Waals surface area contributed by atoms with Crippen LogP contribution in [0.2, 0.25) is 0 Å². The Bertz CT molecular complexity index is 947. The lowest BCUT2D eigenvalue weighted by Gasteiger charge is -2.18. The SMILES string of the molecule is CCCCCCCCCCCCCCCCC(=O)OC[C@H](COC(=O)CCCCCCCCCCCC(C)C)OC(=O)CCCCCCCCCCCCCCCCCC(C)C. The van der Waals surface area contributed by atoms with Crippen molar-refractivity contribution in [2.45, 2.75) is 317 Å². The molecule has 0 heterocycles. The van der Waals surface area contributed by atoms with Crippen molar-refractivity contribution in [2.75, 3.05) is 13.2 Å². The zero-order valence-corrected chi connectivity index (χ0v) is 42.5. The van der Waals surface area contributed by atoms with Crippen molar-refractivity contribution in [1.82, 2.24) is 0 Å². The van der Waals surface area contributed by atoms with E-state index in [9.17, 15) is 14.4 Å². The van der Waals surface area contributed by atoms with Crippen LogP contribution in [0.25, 0.3) is 0 Å². The number of carbonyl (C=O) groups excluding carboxylic acids is 3. The van der Waals surface area contributed by atoms with Gasteiger partial charge in [0.1, 0.15) is 13.2 Å². The predicted octanol–water partition coefficient (Wildman–Crippen LogP) is 18.1. The van der Waals surface area contributed by atoms with Crippen LogP contribution < -0.4 is 0 Å². The summed E-state index contributed by atoms with van der Waals surface area (Å²) in [5.41, 5.74) is 0. The van der Waals surface area contributed by atoms with Gasteiger partial charge in [0.15, 0.2) is 6.10 Å². The summed E-state index contributed by atoms with van der Waals surface area (Å²) in [6.07, 6.45) is 50.9. The minimum absolute atomic E-state index is 0.0631. The molecule has 0 saturated heterocycles. The van der Waals surface area contributed by atoms with Crippen molar-refractivity contribution >= 4 is 17.9 Å². The molecule has 6 nitrogen and oxygen atoms in total. The smallest absolute Gasteiger partial charge is 0.306 e. The highest BCUT2D eigenvalue weighted by Crippen LogP contribution is 2.18. The monoisotopic (exact) mass is 877 g/mol. The van der Waals surface area contributed by atoms with Gasteiger partial charge >= 0.3 is 17.9 Å². The lowest BCUT2D eigenvalue weighted by molar-refractivity contribution is -0.167. The average Bonchev–Trinajstić information content (AvgIpc) is 3.24. The van der Waals surface area contributed by atoms with Crippen molar-refractivity contribution < 1.29 is 28.6 Å². The molecule has 368 valence electrons. The molecule has 0 saturated carbocycles. The molecule has 0 aromatic rings. The minimum atomic E-state index is -0.762. The second-order valence-corrected chi connectivity index (χ2v) is 20.2. The number of carbonyl (C=O) groups is 3. The van der Waals surface area contributed by atoms with Gasteiger partial charge in [-0.25, -0.2) is 0 Å². The Labute approximate surface area is 387 Å². The highest BCUT2D eigenvalue weighted by atomic mass is 16.6. The van der Waals surface area contributed by atoms with Gasteiger partial charge in [0.05, 0.1) is 0 Å². The number of ether oxygens (including phenoxy) is 3. The van der Waals surface area contributed by atoms with Crippen molar-refractivity contribution in [3.8, 4) is 0 Å². The molecular formula is C56H108O6. The molecule has 6 heteroatoms. The molecule has 0 aliphatic heterocycles. The summed E-state index contributed by atoms with van der Waals surface area (Å²) in [5, 5.41) is 0. The van der Waals surface area contributed by atoms with Crippen molar-refractivity contribution in [2.24, 2.45) is 11.8 Å². The third-order valence-corrected chi connectivity index (χ3v) is 12.7. The normalized spacial score (nSPS) is 12.0. The summed E-state index contributed by atoms with van der Waals surface area (Å²) in [6, 6.07) is 0. The van der Waals surface area contributed by atoms with Crippen LogP contribution in [0.4, 0.5) is 0 Å². The quantitative estimate of drug-likeness (QED) is 0.0344. The summed E-state index contributed by atoms with van der Waals surface area (Å²) < 4.78 is 16.9. The van der Waals surface area contributed by atoms with E-state index in [1.807, 2.05) is 0 Å². The minimum Gasteiger partial charge on any atom is -0.462 e. The van der Waals surface area contributed by atoms with Gasteiger partial charge in [-0.15, -0.1) is 0 Å². The lowest BCUT2D eigenvalue weighted by atomic mass is 10.0. The molecule has 0 aromatic heterocycles. The van der Waals surface area contributed by atoms with E-state index in [1.54, 1.807) is 0 Å². The number of hydrogen-bond donors (Lipinski definition) is 0. The third-order valence-electron chi connectivity index (χ3n) is 12.7. The molecule has 0 fully saturated rings. The van der Waals surface area contributed by atoms with Gasteiger partial charge in [-0.2, -0.15) is 0 Å². The first kappa shape index (κ1) is 60.4. The Hall–Kier alpha value is -1.59. The second-order valence-electron chi connectivity index (χ2n) is 20.2. The zero-order chi connectivity index (χ0) is 45.4. The Kier molecular flexibility index (Phi) is 47.6. The molecule has 0 bridgehead atoms. The van der Waals surface area contributed by atoms with Crippen LogP contribution >= 0.6 is 0 Å². The molecule has 0 rings (SSSR count). The third kappa shape index (κ3) is 49.4. The maximum atomic E-state index is 12.8. The van der Waals surface area contributed by atoms with Gasteiger partial charge in [0.25, 0.3) is 0 Å². The van der Waals surface area contributed by atoms with Crippen molar-refractivity contribution in [1.29, 1.82) is 0 Å². The standard InChI is InChI=1S/C56H108O6/c1-6-7-8-9-10-11-12-13-18-21-26-31-36-41-46-54(57)60-49-53(50-61-55(58)47-42-37-32-28-23-25-30-35-40-45-52(4)5)62-56(59)48-43-38-33-27-22-19-16-14-15-17-20-24-29-34-39-44-51(2)3/h51-53H,6-50H2,1-5H3/t53-/m1/s1. The van der Waals surface area contributed by atoms with E-state index in [2.05, 4.69) is 34.6 Å². The van der Waals surface area contributed by atoms with Gasteiger partial charge in [-0.1, -0.05) is 272 Å². The summed E-state index contributed by atoms with van der Waals surface area (Å²) in [6.45, 7) is 11.4. The number of unbranched alkanes of at least 4 members (excludes halogenated alkanes) is 35. The fourth-order valence-corrected chi connectivity index (χ4v) is 8.52. The first-order chi connectivity index (χ1) is 30.2. The molecular weight excluding hydrogens is 769 g/mol. The van der Waals surface area contributed by atoms with Crippen molar-refractivity contribution in [3.05, 3.63) is 0 Å². The largest absolute Gasteiger partial charge is 0.462 e. The first-order valence-electron chi connectivity index (χ1n) is 27.7. The van der Waals surface area contributed by atoms with E-state index in [0.717, 1.165) is 69.6 Å². The maximum absolute atomic E-state index is 12.8. The Morgan fingerprint density at radius 1 is 0.306 bits per heavy atom. The number of esters is 3. The van der Waals surface area contributed by atoms with Crippen LogP contribution in [0.5, 0.6) is 0 Å². The summed E-state index contributed by atoms with van der Waals surface area (Å²) in [5.74, 6) is 0.813. The molecule has 0 spiro atoms. The van der Waals surface area contributed by atoms with Crippen LogP contribution in [-0.4, -0.2) is 37.2 Å². The van der Waals surface area contributed by atoms with E-state index >= 15 is 0 Å². The van der Waals surface area contributed by atoms with E-state index < -0.39 is 6.10 Å².